The standard InChI is InChI=1S/C15H19FN2S2/c1-15(2,3)14-12(8-17)20-13(18-14)9-19-11-7-5-4-6-10(11)16/h4-7H,8-9,17H2,1-3H3. The third-order valence-corrected chi connectivity index (χ3v) is 5.15. The molecule has 0 aliphatic carbocycles. The molecule has 0 atom stereocenters. The summed E-state index contributed by atoms with van der Waals surface area (Å²) in [6, 6.07) is 6.82. The maximum Gasteiger partial charge on any atom is 0.136 e. The van der Waals surface area contributed by atoms with Crippen LogP contribution in [0.3, 0.4) is 0 Å². The van der Waals surface area contributed by atoms with Gasteiger partial charge in [-0.3, -0.25) is 0 Å². The molecule has 2 N–H and O–H groups in total. The molecule has 0 radical (unpaired) electrons. The third kappa shape index (κ3) is 3.59. The number of halogens is 1. The average molecular weight is 310 g/mol. The van der Waals surface area contributed by atoms with E-state index in [0.717, 1.165) is 15.6 Å². The molecule has 108 valence electrons. The minimum atomic E-state index is -0.177. The maximum atomic E-state index is 13.6. The van der Waals surface area contributed by atoms with E-state index in [0.29, 0.717) is 17.2 Å². The van der Waals surface area contributed by atoms with Crippen LogP contribution < -0.4 is 5.73 Å². The average Bonchev–Trinajstić information content (AvgIpc) is 2.81. The quantitative estimate of drug-likeness (QED) is 0.854. The lowest BCUT2D eigenvalue weighted by Crippen LogP contribution is -2.15. The van der Waals surface area contributed by atoms with Crippen molar-refractivity contribution in [3.63, 3.8) is 0 Å². The molecule has 20 heavy (non-hydrogen) atoms. The highest BCUT2D eigenvalue weighted by molar-refractivity contribution is 7.98. The van der Waals surface area contributed by atoms with E-state index in [1.165, 1.54) is 17.8 Å². The third-order valence-electron chi connectivity index (χ3n) is 2.83. The van der Waals surface area contributed by atoms with Crippen molar-refractivity contribution in [1.29, 1.82) is 0 Å². The number of hydrogen-bond acceptors (Lipinski definition) is 4. The highest BCUT2D eigenvalue weighted by Gasteiger charge is 2.22. The van der Waals surface area contributed by atoms with Crippen molar-refractivity contribution in [1.82, 2.24) is 4.98 Å². The zero-order valence-corrected chi connectivity index (χ0v) is 13.6. The lowest BCUT2D eigenvalue weighted by Gasteiger charge is -2.16. The predicted molar refractivity (Wildman–Crippen MR) is 84.7 cm³/mol. The van der Waals surface area contributed by atoms with E-state index >= 15 is 0 Å². The van der Waals surface area contributed by atoms with Gasteiger partial charge in [0.2, 0.25) is 0 Å². The van der Waals surface area contributed by atoms with Gasteiger partial charge in [0.1, 0.15) is 10.8 Å². The Balaban J connectivity index is 2.15. The normalized spacial score (nSPS) is 11.8. The first-order valence-corrected chi connectivity index (χ1v) is 8.28. The highest BCUT2D eigenvalue weighted by Crippen LogP contribution is 2.33. The summed E-state index contributed by atoms with van der Waals surface area (Å²) in [5.41, 5.74) is 6.85. The van der Waals surface area contributed by atoms with Gasteiger partial charge in [0.05, 0.1) is 11.4 Å². The van der Waals surface area contributed by atoms with Crippen LogP contribution in [0.1, 0.15) is 36.3 Å². The van der Waals surface area contributed by atoms with Gasteiger partial charge in [-0.1, -0.05) is 32.9 Å². The van der Waals surface area contributed by atoms with E-state index in [4.69, 9.17) is 10.7 Å². The van der Waals surface area contributed by atoms with Crippen LogP contribution in [0, 0.1) is 5.82 Å². The monoisotopic (exact) mass is 310 g/mol. The summed E-state index contributed by atoms with van der Waals surface area (Å²) in [6.45, 7) is 6.91. The van der Waals surface area contributed by atoms with Gasteiger partial charge >= 0.3 is 0 Å². The minimum absolute atomic E-state index is 0.00782. The van der Waals surface area contributed by atoms with Crippen molar-refractivity contribution in [3.05, 3.63) is 45.7 Å². The van der Waals surface area contributed by atoms with Crippen LogP contribution in [-0.4, -0.2) is 4.98 Å². The van der Waals surface area contributed by atoms with E-state index in [-0.39, 0.29) is 11.2 Å². The van der Waals surface area contributed by atoms with Gasteiger partial charge in [0.25, 0.3) is 0 Å². The number of nitrogens with two attached hydrogens (primary N) is 1. The Morgan fingerprint density at radius 1 is 1.30 bits per heavy atom. The molecule has 0 fully saturated rings. The molecule has 0 spiro atoms. The molecule has 1 aromatic heterocycles. The molecule has 0 saturated carbocycles. The second-order valence-electron chi connectivity index (χ2n) is 5.55. The SMILES string of the molecule is CC(C)(C)c1nc(CSc2ccccc2F)sc1CN. The molecule has 5 heteroatoms. The minimum Gasteiger partial charge on any atom is -0.326 e. The molecular weight excluding hydrogens is 291 g/mol. The van der Waals surface area contributed by atoms with Gasteiger partial charge in [-0.2, -0.15) is 0 Å². The molecule has 0 aliphatic heterocycles. The van der Waals surface area contributed by atoms with E-state index in [1.54, 1.807) is 23.5 Å². The number of thioether (sulfide) groups is 1. The zero-order chi connectivity index (χ0) is 14.8. The molecule has 0 saturated heterocycles. The largest absolute Gasteiger partial charge is 0.326 e. The molecule has 2 nitrogen and oxygen atoms in total. The predicted octanol–water partition coefficient (Wildman–Crippen LogP) is 4.33. The molecular formula is C15H19FN2S2. The summed E-state index contributed by atoms with van der Waals surface area (Å²) >= 11 is 3.11. The summed E-state index contributed by atoms with van der Waals surface area (Å²) in [5, 5.41) is 1.00. The highest BCUT2D eigenvalue weighted by atomic mass is 32.2. The number of thiazole rings is 1. The fourth-order valence-electron chi connectivity index (χ4n) is 1.89. The Kier molecular flexibility index (Phi) is 4.83. The number of benzene rings is 1. The topological polar surface area (TPSA) is 38.9 Å². The lowest BCUT2D eigenvalue weighted by molar-refractivity contribution is 0.565. The molecule has 2 aromatic rings. The molecule has 0 aliphatic rings. The van der Waals surface area contributed by atoms with E-state index in [2.05, 4.69) is 20.8 Å². The Hall–Kier alpha value is -0.910. The van der Waals surface area contributed by atoms with Gasteiger partial charge in [-0.05, 0) is 12.1 Å². The first-order valence-electron chi connectivity index (χ1n) is 6.48. The van der Waals surface area contributed by atoms with Gasteiger partial charge in [-0.15, -0.1) is 23.1 Å². The fourth-order valence-corrected chi connectivity index (χ4v) is 3.98. The summed E-state index contributed by atoms with van der Waals surface area (Å²) < 4.78 is 13.6. The Bertz CT molecular complexity index is 588. The summed E-state index contributed by atoms with van der Waals surface area (Å²) in [6.07, 6.45) is 0. The van der Waals surface area contributed by atoms with Crippen LogP contribution in [0.5, 0.6) is 0 Å². The Labute approximate surface area is 127 Å². The first-order chi connectivity index (χ1) is 9.41. The van der Waals surface area contributed by atoms with E-state index < -0.39 is 0 Å². The van der Waals surface area contributed by atoms with E-state index in [9.17, 15) is 4.39 Å². The molecule has 0 amide bonds. The summed E-state index contributed by atoms with van der Waals surface area (Å²) in [7, 11) is 0. The van der Waals surface area contributed by atoms with Crippen LogP contribution >= 0.6 is 23.1 Å². The van der Waals surface area contributed by atoms with Crippen LogP contribution in [0.2, 0.25) is 0 Å². The molecule has 0 bridgehead atoms. The second kappa shape index (κ2) is 6.24. The van der Waals surface area contributed by atoms with Crippen molar-refractivity contribution < 1.29 is 4.39 Å². The van der Waals surface area contributed by atoms with Crippen LogP contribution in [0.25, 0.3) is 0 Å². The molecule has 1 heterocycles. The van der Waals surface area contributed by atoms with Crippen molar-refractivity contribution in [2.75, 3.05) is 0 Å². The van der Waals surface area contributed by atoms with Gasteiger partial charge < -0.3 is 5.73 Å². The Morgan fingerprint density at radius 2 is 2.00 bits per heavy atom. The molecule has 0 unspecified atom stereocenters. The molecule has 2 rings (SSSR count). The number of nitrogens with zero attached hydrogens (tertiary/aromatic N) is 1. The summed E-state index contributed by atoms with van der Waals surface area (Å²) in [4.78, 5) is 6.48. The van der Waals surface area contributed by atoms with Crippen molar-refractivity contribution in [2.45, 2.75) is 43.4 Å². The van der Waals surface area contributed by atoms with Crippen molar-refractivity contribution >= 4 is 23.1 Å². The number of hydrogen-bond donors (Lipinski definition) is 1. The zero-order valence-electron chi connectivity index (χ0n) is 11.9. The second-order valence-corrected chi connectivity index (χ2v) is 7.74. The van der Waals surface area contributed by atoms with E-state index in [1.807, 2.05) is 6.07 Å². The van der Waals surface area contributed by atoms with Crippen molar-refractivity contribution in [2.24, 2.45) is 5.73 Å². The lowest BCUT2D eigenvalue weighted by atomic mass is 9.91. The van der Waals surface area contributed by atoms with Crippen molar-refractivity contribution in [3.8, 4) is 0 Å². The number of aromatic nitrogens is 1. The van der Waals surface area contributed by atoms with Crippen LogP contribution in [-0.2, 0) is 17.7 Å². The molecule has 1 aromatic carbocycles. The number of rotatable bonds is 4. The first kappa shape index (κ1) is 15.5. The summed E-state index contributed by atoms with van der Waals surface area (Å²) in [5.74, 6) is 0.499. The van der Waals surface area contributed by atoms with Gasteiger partial charge in [0, 0.05) is 21.7 Å². The van der Waals surface area contributed by atoms with Crippen LogP contribution in [0.15, 0.2) is 29.2 Å². The smallest absolute Gasteiger partial charge is 0.136 e. The van der Waals surface area contributed by atoms with Crippen LogP contribution in [0.4, 0.5) is 4.39 Å². The fraction of sp³-hybridized carbons (Fsp3) is 0.400. The maximum absolute atomic E-state index is 13.6. The van der Waals surface area contributed by atoms with Gasteiger partial charge in [-0.25, -0.2) is 9.37 Å². The Morgan fingerprint density at radius 3 is 2.55 bits per heavy atom. The van der Waals surface area contributed by atoms with Gasteiger partial charge in [0.15, 0.2) is 0 Å².